The smallest absolute Gasteiger partial charge is 0.252 e. The number of halogens is 1. The Labute approximate surface area is 184 Å². The van der Waals surface area contributed by atoms with E-state index in [-0.39, 0.29) is 29.6 Å². The van der Waals surface area contributed by atoms with Crippen molar-refractivity contribution in [3.63, 3.8) is 0 Å². The lowest BCUT2D eigenvalue weighted by molar-refractivity contribution is 0.0925. The summed E-state index contributed by atoms with van der Waals surface area (Å²) in [7, 11) is -3.84. The molecular weight excluding hydrogens is 468 g/mol. The molecule has 0 aliphatic carbocycles. The molecule has 0 amide bonds. The zero-order valence-electron chi connectivity index (χ0n) is 16.6. The van der Waals surface area contributed by atoms with E-state index in [1.165, 1.54) is 4.31 Å². The Balaban J connectivity index is 1.74. The van der Waals surface area contributed by atoms with Crippen LogP contribution in [-0.4, -0.2) is 37.0 Å². The van der Waals surface area contributed by atoms with Gasteiger partial charge in [0.05, 0.1) is 11.0 Å². The number of pyridine rings is 1. The van der Waals surface area contributed by atoms with E-state index in [0.29, 0.717) is 16.6 Å². The molecule has 0 bridgehead atoms. The molecule has 0 radical (unpaired) electrons. The van der Waals surface area contributed by atoms with Gasteiger partial charge in [0.25, 0.3) is 5.56 Å². The molecule has 2 aromatic carbocycles. The molecular formula is C22H23BrN2O4S. The highest BCUT2D eigenvalue weighted by Crippen LogP contribution is 2.27. The van der Waals surface area contributed by atoms with Gasteiger partial charge >= 0.3 is 0 Å². The summed E-state index contributed by atoms with van der Waals surface area (Å²) in [5, 5.41) is 0.866. The second-order valence-electron chi connectivity index (χ2n) is 7.58. The largest absolute Gasteiger partial charge is 0.377 e. The van der Waals surface area contributed by atoms with Crippen LogP contribution in [0.3, 0.4) is 0 Å². The Kier molecular flexibility index (Phi) is 6.11. The number of H-pyrrole nitrogens is 1. The summed E-state index contributed by atoms with van der Waals surface area (Å²) >= 11 is 3.35. The van der Waals surface area contributed by atoms with Crippen molar-refractivity contribution in [1.82, 2.24) is 9.29 Å². The van der Waals surface area contributed by atoms with E-state index in [4.69, 9.17) is 4.74 Å². The molecule has 1 N–H and O–H groups in total. The number of ether oxygens (including phenoxy) is 1. The molecule has 3 aromatic rings. The molecule has 1 atom stereocenters. The van der Waals surface area contributed by atoms with Crippen LogP contribution in [0, 0.1) is 6.92 Å². The predicted octanol–water partition coefficient (Wildman–Crippen LogP) is 3.97. The number of aromatic nitrogens is 1. The number of nitrogens with zero attached hydrogens (tertiary/aromatic N) is 1. The number of nitrogens with one attached hydrogen (secondary N) is 1. The fourth-order valence-electron chi connectivity index (χ4n) is 3.72. The fraction of sp³-hybridized carbons (Fsp3) is 0.318. The lowest BCUT2D eigenvalue weighted by atomic mass is 10.1. The van der Waals surface area contributed by atoms with E-state index in [9.17, 15) is 13.2 Å². The van der Waals surface area contributed by atoms with Crippen molar-refractivity contribution in [2.75, 3.05) is 13.2 Å². The van der Waals surface area contributed by atoms with E-state index >= 15 is 0 Å². The van der Waals surface area contributed by atoms with Crippen LogP contribution in [-0.2, 0) is 21.3 Å². The second kappa shape index (κ2) is 8.63. The summed E-state index contributed by atoms with van der Waals surface area (Å²) in [5.41, 5.74) is 1.90. The monoisotopic (exact) mass is 490 g/mol. The maximum Gasteiger partial charge on any atom is 0.252 e. The number of sulfonamides is 1. The van der Waals surface area contributed by atoms with Crippen molar-refractivity contribution in [3.8, 4) is 0 Å². The molecule has 8 heteroatoms. The van der Waals surface area contributed by atoms with Gasteiger partial charge in [-0.2, -0.15) is 4.31 Å². The molecule has 4 rings (SSSR count). The average Bonchev–Trinajstić information content (AvgIpc) is 3.21. The summed E-state index contributed by atoms with van der Waals surface area (Å²) < 4.78 is 34.5. The number of hydrogen-bond acceptors (Lipinski definition) is 4. The SMILES string of the molecule is Cc1ccc2cc(CN(CC3CCCO3)S(=O)(=O)c3ccccc3Br)c(=O)[nH]c2c1. The minimum absolute atomic E-state index is 0.0251. The first kappa shape index (κ1) is 21.2. The highest BCUT2D eigenvalue weighted by Gasteiger charge is 2.31. The summed E-state index contributed by atoms with van der Waals surface area (Å²) in [5.74, 6) is 0. The van der Waals surface area contributed by atoms with Crippen LogP contribution in [0.5, 0.6) is 0 Å². The highest BCUT2D eigenvalue weighted by atomic mass is 79.9. The molecule has 0 spiro atoms. The van der Waals surface area contributed by atoms with Crippen molar-refractivity contribution < 1.29 is 13.2 Å². The zero-order valence-corrected chi connectivity index (χ0v) is 19.0. The Morgan fingerprint density at radius 2 is 2.00 bits per heavy atom. The van der Waals surface area contributed by atoms with Crippen molar-refractivity contribution >= 4 is 36.9 Å². The third kappa shape index (κ3) is 4.37. The Morgan fingerprint density at radius 1 is 1.20 bits per heavy atom. The van der Waals surface area contributed by atoms with Crippen molar-refractivity contribution in [2.24, 2.45) is 0 Å². The van der Waals surface area contributed by atoms with Gasteiger partial charge < -0.3 is 9.72 Å². The molecule has 1 aliphatic rings. The van der Waals surface area contributed by atoms with Crippen molar-refractivity contribution in [3.05, 3.63) is 74.5 Å². The first-order valence-electron chi connectivity index (χ1n) is 9.83. The minimum atomic E-state index is -3.84. The van der Waals surface area contributed by atoms with Crippen LogP contribution in [0.2, 0.25) is 0 Å². The fourth-order valence-corrected chi connectivity index (χ4v) is 6.14. The van der Waals surface area contributed by atoms with E-state index in [1.54, 1.807) is 30.3 Å². The second-order valence-corrected chi connectivity index (χ2v) is 10.3. The van der Waals surface area contributed by atoms with Gasteiger partial charge in [0.1, 0.15) is 0 Å². The number of rotatable bonds is 6. The number of benzene rings is 2. The third-order valence-corrected chi connectivity index (χ3v) is 8.13. The maximum absolute atomic E-state index is 13.5. The Bertz CT molecular complexity index is 1230. The first-order valence-corrected chi connectivity index (χ1v) is 12.1. The zero-order chi connectivity index (χ0) is 21.3. The molecule has 1 aliphatic heterocycles. The number of aromatic amines is 1. The van der Waals surface area contributed by atoms with Gasteiger partial charge in [0.15, 0.2) is 0 Å². The van der Waals surface area contributed by atoms with Crippen molar-refractivity contribution in [1.29, 1.82) is 0 Å². The van der Waals surface area contributed by atoms with Crippen molar-refractivity contribution in [2.45, 2.75) is 37.3 Å². The maximum atomic E-state index is 13.5. The van der Waals surface area contributed by atoms with Gasteiger partial charge in [0, 0.05) is 35.2 Å². The Morgan fingerprint density at radius 3 is 2.73 bits per heavy atom. The molecule has 0 saturated carbocycles. The summed E-state index contributed by atoms with van der Waals surface area (Å²) in [6.45, 7) is 2.76. The van der Waals surface area contributed by atoms with Crippen LogP contribution in [0.1, 0.15) is 24.0 Å². The number of aryl methyl sites for hydroxylation is 1. The number of fused-ring (bicyclic) bond motifs is 1. The predicted molar refractivity (Wildman–Crippen MR) is 120 cm³/mol. The van der Waals surface area contributed by atoms with Crippen LogP contribution < -0.4 is 5.56 Å². The third-order valence-electron chi connectivity index (χ3n) is 5.31. The van der Waals surface area contributed by atoms with Gasteiger partial charge in [0.2, 0.25) is 10.0 Å². The molecule has 2 heterocycles. The van der Waals surface area contributed by atoms with Gasteiger partial charge in [-0.1, -0.05) is 24.3 Å². The highest BCUT2D eigenvalue weighted by molar-refractivity contribution is 9.10. The molecule has 1 fully saturated rings. The average molecular weight is 491 g/mol. The van der Waals surface area contributed by atoms with Crippen LogP contribution >= 0.6 is 15.9 Å². The topological polar surface area (TPSA) is 79.5 Å². The van der Waals surface area contributed by atoms with Crippen LogP contribution in [0.4, 0.5) is 0 Å². The van der Waals surface area contributed by atoms with Gasteiger partial charge in [-0.3, -0.25) is 4.79 Å². The van der Waals surface area contributed by atoms with E-state index in [2.05, 4.69) is 20.9 Å². The van der Waals surface area contributed by atoms with Gasteiger partial charge in [-0.05, 0) is 70.9 Å². The molecule has 1 unspecified atom stereocenters. The lowest BCUT2D eigenvalue weighted by Gasteiger charge is -2.25. The minimum Gasteiger partial charge on any atom is -0.377 e. The molecule has 1 aromatic heterocycles. The molecule has 1 saturated heterocycles. The first-order chi connectivity index (χ1) is 14.3. The van der Waals surface area contributed by atoms with Crippen LogP contribution in [0.25, 0.3) is 10.9 Å². The molecule has 6 nitrogen and oxygen atoms in total. The van der Waals surface area contributed by atoms with Crippen LogP contribution in [0.15, 0.2) is 62.7 Å². The summed E-state index contributed by atoms with van der Waals surface area (Å²) in [4.78, 5) is 15.8. The van der Waals surface area contributed by atoms with E-state index < -0.39 is 10.0 Å². The normalized spacial score (nSPS) is 17.1. The molecule has 158 valence electrons. The summed E-state index contributed by atoms with van der Waals surface area (Å²) in [6, 6.07) is 14.3. The summed E-state index contributed by atoms with van der Waals surface area (Å²) in [6.07, 6.45) is 1.53. The lowest BCUT2D eigenvalue weighted by Crippen LogP contribution is -2.38. The molecule has 30 heavy (non-hydrogen) atoms. The van der Waals surface area contributed by atoms with E-state index in [0.717, 1.165) is 29.3 Å². The standard InChI is InChI=1S/C22H23BrN2O4S/c1-15-8-9-16-12-17(22(26)24-20(16)11-15)13-25(14-18-5-4-10-29-18)30(27,28)21-7-3-2-6-19(21)23/h2-3,6-9,11-12,18H,4-5,10,13-14H2,1H3,(H,24,26). The number of hydrogen-bond donors (Lipinski definition) is 1. The van der Waals surface area contributed by atoms with Gasteiger partial charge in [-0.25, -0.2) is 8.42 Å². The Hall–Kier alpha value is -2.00. The van der Waals surface area contributed by atoms with Gasteiger partial charge in [-0.15, -0.1) is 0 Å². The quantitative estimate of drug-likeness (QED) is 0.566. The van der Waals surface area contributed by atoms with E-state index in [1.807, 2.05) is 25.1 Å².